The minimum absolute atomic E-state index is 0.000345. The molecule has 1 unspecified atom stereocenters. The molecular weight excluding hydrogens is 822 g/mol. The number of pyridine rings is 1. The fraction of sp³-hybridized carbons (Fsp3) is 0.289. The Morgan fingerprint density at radius 1 is 0.968 bits per heavy atom. The fourth-order valence-corrected chi connectivity index (χ4v) is 9.70. The van der Waals surface area contributed by atoms with Crippen LogP contribution in [0.3, 0.4) is 0 Å². The zero-order chi connectivity index (χ0) is 43.3. The number of anilines is 2. The number of carbonyl (C=O) groups is 3. The molecule has 6 heterocycles. The van der Waals surface area contributed by atoms with Crippen LogP contribution in [-0.4, -0.2) is 108 Å². The molecule has 5 aromatic rings. The zero-order valence-electron chi connectivity index (χ0n) is 33.4. The van der Waals surface area contributed by atoms with Crippen LogP contribution >= 0.6 is 0 Å². The highest BCUT2D eigenvalue weighted by Gasteiger charge is 2.38. The molecule has 4 aliphatic rings. The van der Waals surface area contributed by atoms with Gasteiger partial charge in [-0.1, -0.05) is 30.6 Å². The average molecular weight is 863 g/mol. The maximum absolute atomic E-state index is 15.7. The third-order valence-corrected chi connectivity index (χ3v) is 13.4. The monoisotopic (exact) mass is 862 g/mol. The van der Waals surface area contributed by atoms with Crippen molar-refractivity contribution in [1.29, 1.82) is 0 Å². The number of rotatable bonds is 9. The van der Waals surface area contributed by atoms with Crippen LogP contribution in [0.4, 0.5) is 24.5 Å². The zero-order valence-corrected chi connectivity index (χ0v) is 34.2. The topological polar surface area (TPSA) is 151 Å². The van der Waals surface area contributed by atoms with E-state index in [9.17, 15) is 27.2 Å². The standard InChI is InChI=1S/C45H41F3N8O5S/c1-27-4-13-39(44(58)51-27)56-25-31-21-33(9-10-34(31)45(56)59)54-19-17-53(18-20-54)15-2-3-28-5-7-29(8-6-28)30-22-35-36(24-50-43(35)49-23-30)42(57)40-37(47)11-12-38(41(40)48)52-62(60,61)55-16-14-32(46)26-55/h5-12,21-24,32,39,52H,1,4,13-20,25-26H2,(H,49,50)(H,51,58)/t32-,39?/m1/s1. The van der Waals surface area contributed by atoms with E-state index in [0.29, 0.717) is 53.8 Å². The molecule has 9 rings (SSSR count). The number of nitrogens with zero attached hydrogens (tertiary/aromatic N) is 5. The van der Waals surface area contributed by atoms with Gasteiger partial charge in [0.2, 0.25) is 11.7 Å². The summed E-state index contributed by atoms with van der Waals surface area (Å²) in [6.45, 7) is 7.56. The summed E-state index contributed by atoms with van der Waals surface area (Å²) in [5.41, 5.74) is 4.17. The van der Waals surface area contributed by atoms with E-state index in [1.54, 1.807) is 17.2 Å². The van der Waals surface area contributed by atoms with Crippen LogP contribution in [0.2, 0.25) is 0 Å². The summed E-state index contributed by atoms with van der Waals surface area (Å²) in [4.78, 5) is 53.0. The van der Waals surface area contributed by atoms with Gasteiger partial charge >= 0.3 is 10.2 Å². The quantitative estimate of drug-likeness (QED) is 0.133. The van der Waals surface area contributed by atoms with E-state index >= 15 is 8.78 Å². The van der Waals surface area contributed by atoms with E-state index in [2.05, 4.69) is 49.6 Å². The lowest BCUT2D eigenvalue weighted by molar-refractivity contribution is -0.126. The second kappa shape index (κ2) is 16.4. The van der Waals surface area contributed by atoms with Crippen LogP contribution in [0, 0.1) is 23.5 Å². The lowest BCUT2D eigenvalue weighted by Gasteiger charge is -2.35. The number of aromatic amines is 1. The van der Waals surface area contributed by atoms with Crippen LogP contribution < -0.4 is 14.9 Å². The first-order chi connectivity index (χ1) is 29.8. The van der Waals surface area contributed by atoms with Gasteiger partial charge in [0.05, 0.1) is 17.8 Å². The maximum Gasteiger partial charge on any atom is 0.301 e. The minimum Gasteiger partial charge on any atom is -0.369 e. The summed E-state index contributed by atoms with van der Waals surface area (Å²) < 4.78 is 72.9. The van der Waals surface area contributed by atoms with Gasteiger partial charge in [-0.15, -0.1) is 0 Å². The molecular formula is C45H41F3N8O5S. The van der Waals surface area contributed by atoms with E-state index in [4.69, 9.17) is 0 Å². The van der Waals surface area contributed by atoms with Crippen molar-refractivity contribution in [2.24, 2.45) is 0 Å². The van der Waals surface area contributed by atoms with Crippen molar-refractivity contribution in [1.82, 2.24) is 29.4 Å². The lowest BCUT2D eigenvalue weighted by Crippen LogP contribution is -2.49. The van der Waals surface area contributed by atoms with Crippen LogP contribution in [0.1, 0.15) is 56.7 Å². The second-order valence-corrected chi connectivity index (χ2v) is 17.5. The van der Waals surface area contributed by atoms with Crippen molar-refractivity contribution in [2.75, 3.05) is 55.4 Å². The summed E-state index contributed by atoms with van der Waals surface area (Å²) in [7, 11) is -4.36. The molecule has 0 spiro atoms. The Bertz CT molecular complexity index is 2830. The maximum atomic E-state index is 15.7. The molecule has 4 aliphatic heterocycles. The Morgan fingerprint density at radius 2 is 1.76 bits per heavy atom. The van der Waals surface area contributed by atoms with E-state index in [-0.39, 0.29) is 30.3 Å². The lowest BCUT2D eigenvalue weighted by atomic mass is 9.99. The second-order valence-electron chi connectivity index (χ2n) is 15.9. The van der Waals surface area contributed by atoms with E-state index in [1.807, 2.05) is 41.1 Å². The smallest absolute Gasteiger partial charge is 0.301 e. The Balaban J connectivity index is 0.818. The van der Waals surface area contributed by atoms with Crippen LogP contribution in [0.15, 0.2) is 85.3 Å². The Labute approximate surface area is 355 Å². The number of H-pyrrole nitrogens is 1. The van der Waals surface area contributed by atoms with Crippen molar-refractivity contribution in [3.63, 3.8) is 0 Å². The average Bonchev–Trinajstić information content (AvgIpc) is 3.99. The van der Waals surface area contributed by atoms with Crippen LogP contribution in [0.5, 0.6) is 0 Å². The molecule has 3 N–H and O–H groups in total. The van der Waals surface area contributed by atoms with Gasteiger partial charge in [-0.3, -0.25) is 24.0 Å². The van der Waals surface area contributed by atoms with Crippen molar-refractivity contribution < 1.29 is 36.0 Å². The van der Waals surface area contributed by atoms with Crippen LogP contribution in [0.25, 0.3) is 22.2 Å². The molecule has 3 aromatic carbocycles. The third-order valence-electron chi connectivity index (χ3n) is 11.9. The van der Waals surface area contributed by atoms with Crippen molar-refractivity contribution >= 4 is 50.2 Å². The summed E-state index contributed by atoms with van der Waals surface area (Å²) in [5.74, 6) is 2.61. The van der Waals surface area contributed by atoms with Gasteiger partial charge in [0.1, 0.15) is 23.7 Å². The van der Waals surface area contributed by atoms with Gasteiger partial charge in [0, 0.05) is 97.2 Å². The number of ketones is 1. The molecule has 2 amide bonds. The summed E-state index contributed by atoms with van der Waals surface area (Å²) in [6.07, 6.45) is 2.78. The molecule has 3 saturated heterocycles. The molecule has 0 radical (unpaired) electrons. The molecule has 3 fully saturated rings. The number of nitrogens with one attached hydrogen (secondary N) is 3. The molecule has 2 atom stereocenters. The first-order valence-electron chi connectivity index (χ1n) is 20.2. The first-order valence-corrected chi connectivity index (χ1v) is 21.7. The Kier molecular flexibility index (Phi) is 10.8. The number of hydrogen-bond acceptors (Lipinski definition) is 8. The van der Waals surface area contributed by atoms with Crippen molar-refractivity contribution in [3.05, 3.63) is 125 Å². The number of carbonyl (C=O) groups excluding carboxylic acids is 3. The molecule has 0 bridgehead atoms. The highest BCUT2D eigenvalue weighted by Crippen LogP contribution is 2.33. The van der Waals surface area contributed by atoms with Gasteiger partial charge in [0.15, 0.2) is 5.82 Å². The first kappa shape index (κ1) is 40.9. The normalized spacial score (nSPS) is 19.7. The van der Waals surface area contributed by atoms with Crippen molar-refractivity contribution in [3.8, 4) is 23.0 Å². The number of amides is 2. The number of piperidine rings is 1. The summed E-state index contributed by atoms with van der Waals surface area (Å²) in [5, 5.41) is 3.09. The molecule has 17 heteroatoms. The molecule has 0 aliphatic carbocycles. The predicted molar refractivity (Wildman–Crippen MR) is 227 cm³/mol. The number of benzene rings is 3. The van der Waals surface area contributed by atoms with Crippen molar-refractivity contribution in [2.45, 2.75) is 38.0 Å². The number of aromatic nitrogens is 2. The number of alkyl halides is 1. The molecule has 0 saturated carbocycles. The minimum atomic E-state index is -4.36. The number of allylic oxidation sites excluding steroid dienone is 1. The largest absolute Gasteiger partial charge is 0.369 e. The van der Waals surface area contributed by atoms with E-state index in [1.165, 1.54) is 6.20 Å². The highest BCUT2D eigenvalue weighted by atomic mass is 32.2. The Morgan fingerprint density at radius 3 is 2.50 bits per heavy atom. The number of halogens is 3. The highest BCUT2D eigenvalue weighted by molar-refractivity contribution is 7.90. The molecule has 2 aromatic heterocycles. The third kappa shape index (κ3) is 7.92. The van der Waals surface area contributed by atoms with E-state index < -0.39 is 57.6 Å². The number of hydrogen-bond donors (Lipinski definition) is 3. The Hall–Kier alpha value is -6.48. The van der Waals surface area contributed by atoms with Gasteiger partial charge in [0.25, 0.3) is 5.91 Å². The van der Waals surface area contributed by atoms with Gasteiger partial charge < -0.3 is 20.1 Å². The summed E-state index contributed by atoms with van der Waals surface area (Å²) >= 11 is 0. The van der Waals surface area contributed by atoms with Gasteiger partial charge in [-0.2, -0.15) is 12.7 Å². The van der Waals surface area contributed by atoms with Gasteiger partial charge in [-0.25, -0.2) is 18.2 Å². The molecule has 318 valence electrons. The predicted octanol–water partition coefficient (Wildman–Crippen LogP) is 5.36. The molecule has 13 nitrogen and oxygen atoms in total. The fourth-order valence-electron chi connectivity index (χ4n) is 8.43. The molecule has 62 heavy (non-hydrogen) atoms. The summed E-state index contributed by atoms with van der Waals surface area (Å²) in [6, 6.07) is 16.3. The van der Waals surface area contributed by atoms with Gasteiger partial charge in [-0.05, 0) is 78.9 Å². The van der Waals surface area contributed by atoms with Crippen LogP contribution in [-0.2, 0) is 21.5 Å². The SMILES string of the molecule is C=C1CCC(N2Cc3cc(N4CCN(CC#Cc5ccc(-c6cnc7[nH]cc(C(=O)c8c(F)ccc(NS(=O)(=O)N9CC[C@@H](F)C9)c8F)c7c6)cc5)CC4)ccc3C2=O)C(=O)N1. The van der Waals surface area contributed by atoms with E-state index in [0.717, 1.165) is 65.0 Å². The number of piperazine rings is 1. The number of fused-ring (bicyclic) bond motifs is 2.